The SMILES string of the molecule is CCOCCOc1ccc(CNCC(C)C)cc1OC. The quantitative estimate of drug-likeness (QED) is 0.669. The topological polar surface area (TPSA) is 39.7 Å². The first-order valence-corrected chi connectivity index (χ1v) is 7.25. The van der Waals surface area contributed by atoms with Crippen molar-refractivity contribution >= 4 is 0 Å². The highest BCUT2D eigenvalue weighted by Crippen LogP contribution is 2.28. The molecule has 0 aliphatic heterocycles. The van der Waals surface area contributed by atoms with Crippen LogP contribution in [-0.2, 0) is 11.3 Å². The van der Waals surface area contributed by atoms with Crippen molar-refractivity contribution in [1.29, 1.82) is 0 Å². The van der Waals surface area contributed by atoms with Gasteiger partial charge in [-0.05, 0) is 37.1 Å². The molecule has 0 bridgehead atoms. The molecule has 1 N–H and O–H groups in total. The first-order chi connectivity index (χ1) is 9.67. The Bertz CT molecular complexity index is 380. The van der Waals surface area contributed by atoms with Gasteiger partial charge in [-0.15, -0.1) is 0 Å². The molecule has 0 radical (unpaired) electrons. The zero-order valence-electron chi connectivity index (χ0n) is 13.1. The fraction of sp³-hybridized carbons (Fsp3) is 0.625. The highest BCUT2D eigenvalue weighted by atomic mass is 16.5. The molecule has 0 aromatic heterocycles. The minimum absolute atomic E-state index is 0.537. The average Bonchev–Trinajstić information content (AvgIpc) is 2.44. The Morgan fingerprint density at radius 2 is 1.95 bits per heavy atom. The third-order valence-electron chi connectivity index (χ3n) is 2.80. The van der Waals surface area contributed by atoms with Gasteiger partial charge in [0.15, 0.2) is 11.5 Å². The summed E-state index contributed by atoms with van der Waals surface area (Å²) < 4.78 is 16.3. The first kappa shape index (κ1) is 16.8. The average molecular weight is 281 g/mol. The highest BCUT2D eigenvalue weighted by molar-refractivity contribution is 5.42. The molecule has 0 fully saturated rings. The normalized spacial score (nSPS) is 10.8. The van der Waals surface area contributed by atoms with Gasteiger partial charge in [0.2, 0.25) is 0 Å². The fourth-order valence-corrected chi connectivity index (χ4v) is 1.80. The Hall–Kier alpha value is -1.26. The van der Waals surface area contributed by atoms with Crippen LogP contribution in [0.5, 0.6) is 11.5 Å². The molecule has 0 saturated heterocycles. The zero-order valence-corrected chi connectivity index (χ0v) is 13.1. The second-order valence-corrected chi connectivity index (χ2v) is 5.06. The Morgan fingerprint density at radius 1 is 1.15 bits per heavy atom. The van der Waals surface area contributed by atoms with Gasteiger partial charge in [0.25, 0.3) is 0 Å². The second kappa shape index (κ2) is 9.61. The summed E-state index contributed by atoms with van der Waals surface area (Å²) in [5.41, 5.74) is 1.19. The van der Waals surface area contributed by atoms with Gasteiger partial charge in [-0.2, -0.15) is 0 Å². The molecule has 0 unspecified atom stereocenters. The molecule has 1 aromatic carbocycles. The predicted molar refractivity (Wildman–Crippen MR) is 81.5 cm³/mol. The van der Waals surface area contributed by atoms with Gasteiger partial charge in [-0.3, -0.25) is 0 Å². The minimum atomic E-state index is 0.537. The lowest BCUT2D eigenvalue weighted by Gasteiger charge is -2.13. The van der Waals surface area contributed by atoms with Crippen LogP contribution in [0, 0.1) is 5.92 Å². The number of ether oxygens (including phenoxy) is 3. The molecule has 114 valence electrons. The third kappa shape index (κ3) is 6.26. The number of methoxy groups -OCH3 is 1. The predicted octanol–water partition coefficient (Wildman–Crippen LogP) is 2.86. The maximum atomic E-state index is 5.66. The van der Waals surface area contributed by atoms with Crippen LogP contribution in [0.25, 0.3) is 0 Å². The van der Waals surface area contributed by atoms with E-state index in [1.807, 2.05) is 19.1 Å². The standard InChI is InChI=1S/C16H27NO3/c1-5-19-8-9-20-15-7-6-14(10-16(15)18-4)12-17-11-13(2)3/h6-7,10,13,17H,5,8-9,11-12H2,1-4H3. The van der Waals surface area contributed by atoms with Crippen LogP contribution in [-0.4, -0.2) is 33.5 Å². The zero-order chi connectivity index (χ0) is 14.8. The van der Waals surface area contributed by atoms with Crippen molar-refractivity contribution in [3.8, 4) is 11.5 Å². The molecule has 4 nitrogen and oxygen atoms in total. The van der Waals surface area contributed by atoms with Gasteiger partial charge in [0.05, 0.1) is 13.7 Å². The molecule has 20 heavy (non-hydrogen) atoms. The largest absolute Gasteiger partial charge is 0.493 e. The number of rotatable bonds is 10. The maximum absolute atomic E-state index is 5.66. The van der Waals surface area contributed by atoms with Gasteiger partial charge in [0, 0.05) is 13.2 Å². The summed E-state index contributed by atoms with van der Waals surface area (Å²) in [5, 5.41) is 3.42. The van der Waals surface area contributed by atoms with E-state index in [4.69, 9.17) is 14.2 Å². The molecule has 0 spiro atoms. The van der Waals surface area contributed by atoms with E-state index in [0.29, 0.717) is 25.7 Å². The van der Waals surface area contributed by atoms with Crippen LogP contribution in [0.4, 0.5) is 0 Å². The van der Waals surface area contributed by atoms with Crippen molar-refractivity contribution < 1.29 is 14.2 Å². The molecule has 1 aromatic rings. The van der Waals surface area contributed by atoms with Crippen LogP contribution in [0.3, 0.4) is 0 Å². The lowest BCUT2D eigenvalue weighted by molar-refractivity contribution is 0.109. The van der Waals surface area contributed by atoms with Crippen molar-refractivity contribution in [2.45, 2.75) is 27.3 Å². The van der Waals surface area contributed by atoms with Gasteiger partial charge in [-0.1, -0.05) is 19.9 Å². The molecule has 0 aliphatic carbocycles. The summed E-state index contributed by atoms with van der Waals surface area (Å²) in [6.45, 7) is 10.1. The van der Waals surface area contributed by atoms with E-state index in [1.54, 1.807) is 7.11 Å². The summed E-state index contributed by atoms with van der Waals surface area (Å²) >= 11 is 0. The van der Waals surface area contributed by atoms with Crippen LogP contribution in [0.2, 0.25) is 0 Å². The van der Waals surface area contributed by atoms with Gasteiger partial charge >= 0.3 is 0 Å². The Morgan fingerprint density at radius 3 is 2.60 bits per heavy atom. The smallest absolute Gasteiger partial charge is 0.161 e. The summed E-state index contributed by atoms with van der Waals surface area (Å²) in [5.74, 6) is 2.18. The van der Waals surface area contributed by atoms with Gasteiger partial charge < -0.3 is 19.5 Å². The number of benzene rings is 1. The Kier molecular flexibility index (Phi) is 8.07. The van der Waals surface area contributed by atoms with Crippen LogP contribution < -0.4 is 14.8 Å². The van der Waals surface area contributed by atoms with Crippen molar-refractivity contribution in [3.63, 3.8) is 0 Å². The Balaban J connectivity index is 2.51. The van der Waals surface area contributed by atoms with E-state index in [1.165, 1.54) is 5.56 Å². The van der Waals surface area contributed by atoms with E-state index < -0.39 is 0 Å². The summed E-state index contributed by atoms with van der Waals surface area (Å²) in [6, 6.07) is 6.03. The number of nitrogens with one attached hydrogen (secondary N) is 1. The summed E-state index contributed by atoms with van der Waals surface area (Å²) in [4.78, 5) is 0. The van der Waals surface area contributed by atoms with E-state index in [2.05, 4.69) is 25.2 Å². The molecule has 0 amide bonds. The molecule has 0 heterocycles. The molecule has 1 rings (SSSR count). The molecular formula is C16H27NO3. The summed E-state index contributed by atoms with van der Waals surface area (Å²) in [7, 11) is 1.66. The van der Waals surface area contributed by atoms with Gasteiger partial charge in [-0.25, -0.2) is 0 Å². The van der Waals surface area contributed by atoms with Crippen molar-refractivity contribution in [2.75, 3.05) is 33.5 Å². The molecule has 0 aliphatic rings. The molecule has 4 heteroatoms. The van der Waals surface area contributed by atoms with E-state index in [0.717, 1.165) is 24.6 Å². The highest BCUT2D eigenvalue weighted by Gasteiger charge is 2.06. The van der Waals surface area contributed by atoms with E-state index >= 15 is 0 Å². The lowest BCUT2D eigenvalue weighted by atomic mass is 10.2. The van der Waals surface area contributed by atoms with Crippen LogP contribution in [0.1, 0.15) is 26.3 Å². The van der Waals surface area contributed by atoms with E-state index in [-0.39, 0.29) is 0 Å². The van der Waals surface area contributed by atoms with Crippen molar-refractivity contribution in [1.82, 2.24) is 5.32 Å². The lowest BCUT2D eigenvalue weighted by Crippen LogP contribution is -2.19. The second-order valence-electron chi connectivity index (χ2n) is 5.06. The number of hydrogen-bond acceptors (Lipinski definition) is 4. The van der Waals surface area contributed by atoms with E-state index in [9.17, 15) is 0 Å². The van der Waals surface area contributed by atoms with Gasteiger partial charge in [0.1, 0.15) is 6.61 Å². The van der Waals surface area contributed by atoms with Crippen molar-refractivity contribution in [3.05, 3.63) is 23.8 Å². The Labute approximate surface area is 122 Å². The third-order valence-corrected chi connectivity index (χ3v) is 2.80. The monoisotopic (exact) mass is 281 g/mol. The van der Waals surface area contributed by atoms with Crippen LogP contribution >= 0.6 is 0 Å². The van der Waals surface area contributed by atoms with Crippen LogP contribution in [0.15, 0.2) is 18.2 Å². The first-order valence-electron chi connectivity index (χ1n) is 7.25. The van der Waals surface area contributed by atoms with Crippen molar-refractivity contribution in [2.24, 2.45) is 5.92 Å². The molecule has 0 atom stereocenters. The summed E-state index contributed by atoms with van der Waals surface area (Å²) in [6.07, 6.45) is 0. The molecular weight excluding hydrogens is 254 g/mol. The molecule has 0 saturated carbocycles. The minimum Gasteiger partial charge on any atom is -0.493 e. The number of hydrogen-bond donors (Lipinski definition) is 1. The maximum Gasteiger partial charge on any atom is 0.161 e. The fourth-order valence-electron chi connectivity index (χ4n) is 1.80.